The smallest absolute Gasteiger partial charge is 0.222 e. The number of anilines is 1. The molecule has 1 heterocycles. The van der Waals surface area contributed by atoms with Crippen LogP contribution in [0.3, 0.4) is 0 Å². The zero-order chi connectivity index (χ0) is 10.5. The van der Waals surface area contributed by atoms with Crippen LogP contribution in [0.4, 0.5) is 10.3 Å². The van der Waals surface area contributed by atoms with Crippen LogP contribution in [0.1, 0.15) is 32.1 Å². The van der Waals surface area contributed by atoms with E-state index in [1.165, 1.54) is 44.5 Å². The highest BCUT2D eigenvalue weighted by Crippen LogP contribution is 2.27. The summed E-state index contributed by atoms with van der Waals surface area (Å²) in [5.74, 6) is 0.990. The molecular formula is C11H16FN3. The first-order chi connectivity index (χ1) is 7.34. The van der Waals surface area contributed by atoms with Crippen molar-refractivity contribution in [1.82, 2.24) is 9.97 Å². The molecule has 0 radical (unpaired) electrons. The summed E-state index contributed by atoms with van der Waals surface area (Å²) in [6.07, 6.45) is 8.99. The molecule has 1 fully saturated rings. The van der Waals surface area contributed by atoms with E-state index in [4.69, 9.17) is 0 Å². The van der Waals surface area contributed by atoms with Crippen LogP contribution in [0.15, 0.2) is 12.4 Å². The van der Waals surface area contributed by atoms with Crippen LogP contribution in [-0.4, -0.2) is 16.5 Å². The molecule has 15 heavy (non-hydrogen) atoms. The van der Waals surface area contributed by atoms with Crippen LogP contribution >= 0.6 is 0 Å². The first-order valence-electron chi connectivity index (χ1n) is 5.56. The Labute approximate surface area is 89.1 Å². The summed E-state index contributed by atoms with van der Waals surface area (Å²) in [6, 6.07) is 0. The standard InChI is InChI=1S/C11H16FN3/c12-10-7-14-11(15-8-10)13-6-5-9-3-1-2-4-9/h7-9H,1-6H2,(H,13,14,15). The van der Waals surface area contributed by atoms with Crippen LogP contribution in [0.2, 0.25) is 0 Å². The number of halogens is 1. The lowest BCUT2D eigenvalue weighted by Crippen LogP contribution is -2.08. The van der Waals surface area contributed by atoms with Crippen LogP contribution in [0.25, 0.3) is 0 Å². The minimum Gasteiger partial charge on any atom is -0.354 e. The van der Waals surface area contributed by atoms with Crippen molar-refractivity contribution in [3.8, 4) is 0 Å². The Bertz CT molecular complexity index is 293. The van der Waals surface area contributed by atoms with Gasteiger partial charge in [0.25, 0.3) is 0 Å². The molecular weight excluding hydrogens is 193 g/mol. The number of hydrogen-bond donors (Lipinski definition) is 1. The minimum atomic E-state index is -0.392. The topological polar surface area (TPSA) is 37.8 Å². The molecule has 1 aliphatic rings. The molecule has 82 valence electrons. The SMILES string of the molecule is Fc1cnc(NCCC2CCCC2)nc1. The van der Waals surface area contributed by atoms with Gasteiger partial charge in [0, 0.05) is 6.54 Å². The Kier molecular flexibility index (Phi) is 3.48. The Hall–Kier alpha value is -1.19. The average Bonchev–Trinajstić information content (AvgIpc) is 2.74. The molecule has 2 rings (SSSR count). The number of aromatic nitrogens is 2. The van der Waals surface area contributed by atoms with Gasteiger partial charge in [0.1, 0.15) is 0 Å². The molecule has 4 heteroatoms. The predicted octanol–water partition coefficient (Wildman–Crippen LogP) is 2.61. The van der Waals surface area contributed by atoms with Crippen LogP contribution in [0, 0.1) is 11.7 Å². The molecule has 0 spiro atoms. The fourth-order valence-corrected chi connectivity index (χ4v) is 2.09. The van der Waals surface area contributed by atoms with E-state index in [9.17, 15) is 4.39 Å². The molecule has 0 atom stereocenters. The Morgan fingerprint density at radius 2 is 1.93 bits per heavy atom. The summed E-state index contributed by atoms with van der Waals surface area (Å²) < 4.78 is 12.5. The Morgan fingerprint density at radius 3 is 2.60 bits per heavy atom. The first-order valence-corrected chi connectivity index (χ1v) is 5.56. The van der Waals surface area contributed by atoms with Crippen molar-refractivity contribution in [3.63, 3.8) is 0 Å². The Morgan fingerprint density at radius 1 is 1.27 bits per heavy atom. The van der Waals surface area contributed by atoms with E-state index in [1.807, 2.05) is 0 Å². The second-order valence-corrected chi connectivity index (χ2v) is 4.09. The molecule has 0 amide bonds. The largest absolute Gasteiger partial charge is 0.354 e. The summed E-state index contributed by atoms with van der Waals surface area (Å²) in [5, 5.41) is 3.11. The molecule has 1 aromatic heterocycles. The summed E-state index contributed by atoms with van der Waals surface area (Å²) in [7, 11) is 0. The number of hydrogen-bond acceptors (Lipinski definition) is 3. The first kappa shape index (κ1) is 10.3. The monoisotopic (exact) mass is 209 g/mol. The third kappa shape index (κ3) is 3.15. The third-order valence-electron chi connectivity index (χ3n) is 2.93. The van der Waals surface area contributed by atoms with Crippen molar-refractivity contribution in [2.75, 3.05) is 11.9 Å². The van der Waals surface area contributed by atoms with Crippen molar-refractivity contribution >= 4 is 5.95 Å². The summed E-state index contributed by atoms with van der Waals surface area (Å²) in [5.41, 5.74) is 0. The van der Waals surface area contributed by atoms with E-state index in [2.05, 4.69) is 15.3 Å². The average molecular weight is 209 g/mol. The number of nitrogens with one attached hydrogen (secondary N) is 1. The van der Waals surface area contributed by atoms with Crippen LogP contribution in [-0.2, 0) is 0 Å². The molecule has 0 bridgehead atoms. The van der Waals surface area contributed by atoms with Crippen LogP contribution < -0.4 is 5.32 Å². The van der Waals surface area contributed by atoms with Gasteiger partial charge in [-0.2, -0.15) is 0 Å². The molecule has 1 N–H and O–H groups in total. The van der Waals surface area contributed by atoms with Gasteiger partial charge in [0.2, 0.25) is 5.95 Å². The van der Waals surface area contributed by atoms with Gasteiger partial charge >= 0.3 is 0 Å². The van der Waals surface area contributed by atoms with Gasteiger partial charge in [-0.25, -0.2) is 14.4 Å². The molecule has 0 aromatic carbocycles. The zero-order valence-corrected chi connectivity index (χ0v) is 8.75. The predicted molar refractivity (Wildman–Crippen MR) is 57.1 cm³/mol. The van der Waals surface area contributed by atoms with Gasteiger partial charge in [0.15, 0.2) is 5.82 Å². The van der Waals surface area contributed by atoms with Gasteiger partial charge in [-0.05, 0) is 12.3 Å². The second-order valence-electron chi connectivity index (χ2n) is 4.09. The quantitative estimate of drug-likeness (QED) is 0.828. The fraction of sp³-hybridized carbons (Fsp3) is 0.636. The second kappa shape index (κ2) is 5.05. The lowest BCUT2D eigenvalue weighted by molar-refractivity contribution is 0.517. The normalized spacial score (nSPS) is 16.9. The molecule has 0 aliphatic heterocycles. The van der Waals surface area contributed by atoms with Crippen molar-refractivity contribution < 1.29 is 4.39 Å². The minimum absolute atomic E-state index is 0.392. The molecule has 1 aromatic rings. The molecule has 1 saturated carbocycles. The highest BCUT2D eigenvalue weighted by molar-refractivity contribution is 5.21. The lowest BCUT2D eigenvalue weighted by atomic mass is 10.0. The molecule has 0 unspecified atom stereocenters. The molecule has 1 aliphatic carbocycles. The van der Waals surface area contributed by atoms with Crippen molar-refractivity contribution in [1.29, 1.82) is 0 Å². The maximum Gasteiger partial charge on any atom is 0.222 e. The van der Waals surface area contributed by atoms with Gasteiger partial charge < -0.3 is 5.32 Å². The lowest BCUT2D eigenvalue weighted by Gasteiger charge is -2.09. The summed E-state index contributed by atoms with van der Waals surface area (Å²) in [6.45, 7) is 0.885. The summed E-state index contributed by atoms with van der Waals surface area (Å²) >= 11 is 0. The van der Waals surface area contributed by atoms with Gasteiger partial charge in [-0.1, -0.05) is 25.7 Å². The van der Waals surface area contributed by atoms with E-state index < -0.39 is 5.82 Å². The van der Waals surface area contributed by atoms with E-state index in [0.717, 1.165) is 12.5 Å². The molecule has 0 saturated heterocycles. The van der Waals surface area contributed by atoms with Gasteiger partial charge in [-0.3, -0.25) is 0 Å². The van der Waals surface area contributed by atoms with Crippen molar-refractivity contribution in [3.05, 3.63) is 18.2 Å². The maximum atomic E-state index is 12.5. The zero-order valence-electron chi connectivity index (χ0n) is 8.75. The van der Waals surface area contributed by atoms with Gasteiger partial charge in [-0.15, -0.1) is 0 Å². The van der Waals surface area contributed by atoms with E-state index in [-0.39, 0.29) is 0 Å². The van der Waals surface area contributed by atoms with Gasteiger partial charge in [0.05, 0.1) is 12.4 Å². The Balaban J connectivity index is 1.71. The van der Waals surface area contributed by atoms with E-state index in [1.54, 1.807) is 0 Å². The fourth-order valence-electron chi connectivity index (χ4n) is 2.09. The summed E-state index contributed by atoms with van der Waals surface area (Å²) in [4.78, 5) is 7.69. The highest BCUT2D eigenvalue weighted by atomic mass is 19.1. The molecule has 3 nitrogen and oxygen atoms in total. The van der Waals surface area contributed by atoms with Crippen molar-refractivity contribution in [2.45, 2.75) is 32.1 Å². The van der Waals surface area contributed by atoms with E-state index in [0.29, 0.717) is 5.95 Å². The highest BCUT2D eigenvalue weighted by Gasteiger charge is 2.14. The third-order valence-corrected chi connectivity index (χ3v) is 2.93. The number of rotatable bonds is 4. The maximum absolute atomic E-state index is 12.5. The van der Waals surface area contributed by atoms with E-state index >= 15 is 0 Å². The number of nitrogens with zero attached hydrogens (tertiary/aromatic N) is 2. The van der Waals surface area contributed by atoms with Crippen molar-refractivity contribution in [2.24, 2.45) is 5.92 Å². The van der Waals surface area contributed by atoms with Crippen LogP contribution in [0.5, 0.6) is 0 Å².